The standard InChI is InChI=1S/C28H25Cl3F2N4O4S/c1-3-35-8-5-9-37(27(35)40)19-10-15-13-36(14-16(15)11-20(19)41-2)26(39)23-21(12-22(28(31,32)33)34-25(23)38)42-24-17(29)6-4-7-18(24)30/h4,6-7,10-12H,3,5,8-9,13-14H2,1-2H3,(H,34,38). The first-order valence-corrected chi connectivity index (χ1v) is 14.9. The molecule has 0 atom stereocenters. The number of nitrogens with one attached hydrogen (secondary N) is 1. The highest BCUT2D eigenvalue weighted by atomic mass is 35.5. The van der Waals surface area contributed by atoms with Crippen molar-refractivity contribution < 1.29 is 23.1 Å². The number of benzene rings is 2. The number of aromatic nitrogens is 1. The number of methoxy groups -OCH3 is 1. The zero-order valence-corrected chi connectivity index (χ0v) is 25.6. The van der Waals surface area contributed by atoms with E-state index in [4.69, 9.17) is 39.5 Å². The Hall–Kier alpha value is -2.99. The Balaban J connectivity index is 1.51. The van der Waals surface area contributed by atoms with E-state index in [1.165, 1.54) is 12.0 Å². The van der Waals surface area contributed by atoms with Crippen LogP contribution in [-0.4, -0.2) is 53.5 Å². The second kappa shape index (κ2) is 11.9. The molecule has 2 aromatic carbocycles. The molecule has 2 aliphatic rings. The van der Waals surface area contributed by atoms with Gasteiger partial charge in [0.25, 0.3) is 11.5 Å². The van der Waals surface area contributed by atoms with Crippen molar-refractivity contribution in [3.8, 4) is 5.75 Å². The van der Waals surface area contributed by atoms with Crippen LogP contribution in [0.1, 0.15) is 40.5 Å². The van der Waals surface area contributed by atoms with E-state index in [0.717, 1.165) is 35.4 Å². The number of ether oxygens (including phenoxy) is 1. The number of hydrogen-bond acceptors (Lipinski definition) is 5. The van der Waals surface area contributed by atoms with Gasteiger partial charge in [0, 0.05) is 42.5 Å². The Morgan fingerprint density at radius 2 is 1.76 bits per heavy atom. The second-order valence-corrected chi connectivity index (χ2v) is 12.1. The van der Waals surface area contributed by atoms with Crippen LogP contribution in [0.4, 0.5) is 19.3 Å². The molecule has 3 amide bonds. The van der Waals surface area contributed by atoms with Crippen molar-refractivity contribution >= 4 is 64.2 Å². The van der Waals surface area contributed by atoms with Gasteiger partial charge in [0.05, 0.1) is 22.8 Å². The van der Waals surface area contributed by atoms with E-state index in [2.05, 4.69) is 0 Å². The molecule has 0 radical (unpaired) electrons. The molecular formula is C28H25Cl3F2N4O4S. The third-order valence-corrected chi connectivity index (χ3v) is 9.39. The van der Waals surface area contributed by atoms with Crippen LogP contribution in [0.25, 0.3) is 0 Å². The van der Waals surface area contributed by atoms with Crippen molar-refractivity contribution in [2.45, 2.75) is 41.6 Å². The Bertz CT molecular complexity index is 1610. The maximum atomic E-state index is 14.1. The van der Waals surface area contributed by atoms with Crippen LogP contribution in [0.5, 0.6) is 5.75 Å². The summed E-state index contributed by atoms with van der Waals surface area (Å²) in [5.41, 5.74) is -0.136. The van der Waals surface area contributed by atoms with Crippen LogP contribution in [0.2, 0.25) is 10.0 Å². The second-order valence-electron chi connectivity index (χ2n) is 9.72. The molecule has 8 nitrogen and oxygen atoms in total. The number of carbonyl (C=O) groups excluding carboxylic acids is 2. The molecule has 3 heterocycles. The lowest BCUT2D eigenvalue weighted by Gasteiger charge is -2.35. The Labute approximate surface area is 259 Å². The van der Waals surface area contributed by atoms with Gasteiger partial charge in [-0.25, -0.2) is 4.79 Å². The number of alkyl halides is 3. The van der Waals surface area contributed by atoms with Crippen LogP contribution >= 0.6 is 46.6 Å². The van der Waals surface area contributed by atoms with Gasteiger partial charge in [-0.15, -0.1) is 0 Å². The lowest BCUT2D eigenvalue weighted by molar-refractivity contribution is 0.0740. The van der Waals surface area contributed by atoms with Crippen molar-refractivity contribution in [3.63, 3.8) is 0 Å². The quantitative estimate of drug-likeness (QED) is 0.279. The summed E-state index contributed by atoms with van der Waals surface area (Å²) < 4.78 is 33.7. The van der Waals surface area contributed by atoms with Gasteiger partial charge in [-0.05, 0) is 66.4 Å². The van der Waals surface area contributed by atoms with E-state index in [0.29, 0.717) is 31.1 Å². The van der Waals surface area contributed by atoms with Gasteiger partial charge < -0.3 is 19.5 Å². The summed E-state index contributed by atoms with van der Waals surface area (Å²) in [6, 6.07) is 9.13. The number of amides is 3. The highest BCUT2D eigenvalue weighted by molar-refractivity contribution is 7.99. The lowest BCUT2D eigenvalue weighted by atomic mass is 10.1. The molecule has 0 bridgehead atoms. The minimum absolute atomic E-state index is 0.0816. The number of halogens is 5. The number of urea groups is 1. The predicted octanol–water partition coefficient (Wildman–Crippen LogP) is 6.94. The monoisotopic (exact) mass is 656 g/mol. The van der Waals surface area contributed by atoms with Gasteiger partial charge >= 0.3 is 11.4 Å². The fraction of sp³-hybridized carbons (Fsp3) is 0.321. The van der Waals surface area contributed by atoms with Gasteiger partial charge in [0.1, 0.15) is 17.0 Å². The van der Waals surface area contributed by atoms with Crippen LogP contribution in [0, 0.1) is 0 Å². The lowest BCUT2D eigenvalue weighted by Crippen LogP contribution is -2.49. The fourth-order valence-electron chi connectivity index (χ4n) is 5.05. The normalized spacial score (nSPS) is 15.3. The van der Waals surface area contributed by atoms with E-state index < -0.39 is 22.5 Å². The molecule has 0 aliphatic carbocycles. The fourth-order valence-corrected chi connectivity index (χ4v) is 6.79. The first kappa shape index (κ1) is 30.5. The zero-order valence-electron chi connectivity index (χ0n) is 22.5. The van der Waals surface area contributed by atoms with Gasteiger partial charge in [-0.1, -0.05) is 41.0 Å². The van der Waals surface area contributed by atoms with Gasteiger partial charge in [-0.2, -0.15) is 8.78 Å². The summed E-state index contributed by atoms with van der Waals surface area (Å²) >= 11 is 18.6. The smallest absolute Gasteiger partial charge is 0.362 e. The number of aromatic amines is 1. The van der Waals surface area contributed by atoms with E-state index >= 15 is 0 Å². The molecule has 1 saturated heterocycles. The Morgan fingerprint density at radius 3 is 2.38 bits per heavy atom. The number of hydrogen-bond donors (Lipinski definition) is 1. The molecular weight excluding hydrogens is 633 g/mol. The number of H-pyrrole nitrogens is 1. The summed E-state index contributed by atoms with van der Waals surface area (Å²) in [6.45, 7) is 3.93. The van der Waals surface area contributed by atoms with E-state index in [9.17, 15) is 23.2 Å². The number of fused-ring (bicyclic) bond motifs is 1. The van der Waals surface area contributed by atoms with Crippen LogP contribution in [-0.2, 0) is 18.5 Å². The summed E-state index contributed by atoms with van der Waals surface area (Å²) in [5.74, 6) is -0.209. The largest absolute Gasteiger partial charge is 0.495 e. The Kier molecular flexibility index (Phi) is 8.67. The molecule has 5 rings (SSSR count). The average molecular weight is 658 g/mol. The van der Waals surface area contributed by atoms with Crippen molar-refractivity contribution in [1.29, 1.82) is 0 Å². The summed E-state index contributed by atoms with van der Waals surface area (Å²) in [7, 11) is 1.51. The van der Waals surface area contributed by atoms with Gasteiger partial charge in [0.2, 0.25) is 0 Å². The zero-order chi connectivity index (χ0) is 30.3. The first-order chi connectivity index (χ1) is 19.9. The topological polar surface area (TPSA) is 85.9 Å². The van der Waals surface area contributed by atoms with Crippen LogP contribution in [0.3, 0.4) is 0 Å². The third-order valence-electron chi connectivity index (χ3n) is 7.14. The van der Waals surface area contributed by atoms with Crippen molar-refractivity contribution in [2.75, 3.05) is 31.6 Å². The molecule has 14 heteroatoms. The summed E-state index contributed by atoms with van der Waals surface area (Å²) in [5, 5.41) is -3.46. The minimum atomic E-state index is -3.89. The molecule has 0 saturated carbocycles. The Morgan fingerprint density at radius 1 is 1.10 bits per heavy atom. The van der Waals surface area contributed by atoms with Crippen molar-refractivity contribution in [3.05, 3.63) is 79.2 Å². The molecule has 3 aromatic rings. The third kappa shape index (κ3) is 5.79. The van der Waals surface area contributed by atoms with Crippen LogP contribution < -0.4 is 15.2 Å². The summed E-state index contributed by atoms with van der Waals surface area (Å²) in [6.07, 6.45) is 0.792. The van der Waals surface area contributed by atoms with Crippen molar-refractivity contribution in [1.82, 2.24) is 14.8 Å². The highest BCUT2D eigenvalue weighted by Crippen LogP contribution is 2.42. The molecule has 1 aromatic heterocycles. The SMILES string of the molecule is CCN1CCCN(c2cc3c(cc2OC)CN(C(=O)c2c(Sc4c(Cl)cccc4Cl)cc(C(F)(F)Cl)[nH]c2=O)C3)C1=O. The average Bonchev–Trinajstić information content (AvgIpc) is 3.36. The molecule has 1 N–H and O–H groups in total. The number of carbonyl (C=O) groups is 2. The van der Waals surface area contributed by atoms with Gasteiger partial charge in [0.15, 0.2) is 0 Å². The first-order valence-electron chi connectivity index (χ1n) is 12.9. The van der Waals surface area contributed by atoms with Gasteiger partial charge in [-0.3, -0.25) is 14.5 Å². The van der Waals surface area contributed by atoms with Crippen LogP contribution in [0.15, 0.2) is 51.0 Å². The molecule has 2 aliphatic heterocycles. The van der Waals surface area contributed by atoms with E-state index in [1.54, 1.807) is 34.1 Å². The highest BCUT2D eigenvalue weighted by Gasteiger charge is 2.35. The number of pyridine rings is 1. The number of nitrogens with zero attached hydrogens (tertiary/aromatic N) is 3. The maximum absolute atomic E-state index is 14.1. The van der Waals surface area contributed by atoms with E-state index in [1.807, 2.05) is 18.0 Å². The van der Waals surface area contributed by atoms with Crippen molar-refractivity contribution in [2.24, 2.45) is 0 Å². The maximum Gasteiger partial charge on any atom is 0.362 e. The minimum Gasteiger partial charge on any atom is -0.495 e. The summed E-state index contributed by atoms with van der Waals surface area (Å²) in [4.78, 5) is 47.2. The number of rotatable bonds is 7. The molecule has 222 valence electrons. The molecule has 1 fully saturated rings. The predicted molar refractivity (Wildman–Crippen MR) is 159 cm³/mol. The molecule has 0 unspecified atom stereocenters. The molecule has 0 spiro atoms. The molecule has 42 heavy (non-hydrogen) atoms. The number of anilines is 1. The van der Waals surface area contributed by atoms with E-state index in [-0.39, 0.29) is 44.5 Å².